The van der Waals surface area contributed by atoms with E-state index in [-0.39, 0.29) is 5.69 Å². The van der Waals surface area contributed by atoms with Crippen molar-refractivity contribution in [3.8, 4) is 12.1 Å². The molecule has 0 aliphatic heterocycles. The van der Waals surface area contributed by atoms with Crippen LogP contribution in [0.2, 0.25) is 0 Å². The van der Waals surface area contributed by atoms with Crippen molar-refractivity contribution in [2.45, 2.75) is 0 Å². The number of nitrogen functional groups attached to an aromatic ring is 1. The van der Waals surface area contributed by atoms with Crippen molar-refractivity contribution in [2.75, 3.05) is 5.73 Å². The van der Waals surface area contributed by atoms with Crippen molar-refractivity contribution in [1.82, 2.24) is 9.97 Å². The van der Waals surface area contributed by atoms with E-state index in [2.05, 4.69) is 9.97 Å². The summed E-state index contributed by atoms with van der Waals surface area (Å²) in [5.41, 5.74) is 7.75. The van der Waals surface area contributed by atoms with Gasteiger partial charge in [-0.1, -0.05) is 0 Å². The Morgan fingerprint density at radius 1 is 0.962 bits per heavy atom. The van der Waals surface area contributed by atoms with Crippen LogP contribution in [0.1, 0.15) is 10.0 Å². The zero-order chi connectivity index (χ0) is 18.7. The zero-order valence-corrected chi connectivity index (χ0v) is 14.5. The fourth-order valence-electron chi connectivity index (χ4n) is 2.06. The van der Waals surface area contributed by atoms with Gasteiger partial charge in [-0.3, -0.25) is 10.1 Å². The van der Waals surface area contributed by atoms with Gasteiger partial charge in [-0.15, -0.1) is 22.7 Å². The molecule has 0 atom stereocenters. The van der Waals surface area contributed by atoms with Crippen molar-refractivity contribution >= 4 is 54.5 Å². The van der Waals surface area contributed by atoms with E-state index in [0.717, 1.165) is 21.6 Å². The van der Waals surface area contributed by atoms with Crippen molar-refractivity contribution in [1.29, 1.82) is 10.5 Å². The first-order valence-corrected chi connectivity index (χ1v) is 8.64. The van der Waals surface area contributed by atoms with Crippen molar-refractivity contribution in [3.63, 3.8) is 0 Å². The van der Waals surface area contributed by atoms with Crippen LogP contribution in [0.25, 0.3) is 20.4 Å². The molecule has 0 unspecified atom stereocenters. The van der Waals surface area contributed by atoms with Crippen LogP contribution in [0, 0.1) is 32.8 Å². The number of nitro benzene ring substituents is 1. The minimum atomic E-state index is -0.467. The number of rotatable bonds is 1. The molecule has 10 heteroatoms. The van der Waals surface area contributed by atoms with Crippen LogP contribution >= 0.6 is 22.7 Å². The Hall–Kier alpha value is -3.60. The summed E-state index contributed by atoms with van der Waals surface area (Å²) < 4.78 is 1.63. The number of fused-ring (bicyclic) bond motifs is 2. The van der Waals surface area contributed by atoms with Gasteiger partial charge in [0.2, 0.25) is 0 Å². The smallest absolute Gasteiger partial charge is 0.270 e. The topological polar surface area (TPSA) is 143 Å². The Balaban J connectivity index is 0.000000152. The first-order chi connectivity index (χ1) is 12.5. The third-order valence-corrected chi connectivity index (χ3v) is 5.03. The number of benzene rings is 2. The second kappa shape index (κ2) is 7.11. The van der Waals surface area contributed by atoms with Crippen molar-refractivity contribution < 1.29 is 4.92 Å². The third kappa shape index (κ3) is 3.57. The highest BCUT2D eigenvalue weighted by atomic mass is 32.1. The summed E-state index contributed by atoms with van der Waals surface area (Å²) >= 11 is 2.51. The quantitative estimate of drug-likeness (QED) is 0.300. The molecule has 0 aliphatic rings. The highest BCUT2D eigenvalue weighted by Crippen LogP contribution is 2.25. The third-order valence-electron chi connectivity index (χ3n) is 3.19. The summed E-state index contributed by atoms with van der Waals surface area (Å²) in [6.07, 6.45) is 0. The molecular formula is C16H8N6O2S2. The maximum atomic E-state index is 10.4. The molecule has 0 bridgehead atoms. The molecule has 8 nitrogen and oxygen atoms in total. The predicted molar refractivity (Wildman–Crippen MR) is 99.7 cm³/mol. The summed E-state index contributed by atoms with van der Waals surface area (Å²) in [5.74, 6) is 0. The Morgan fingerprint density at radius 3 is 2.04 bits per heavy atom. The van der Waals surface area contributed by atoms with Gasteiger partial charge in [-0.05, 0) is 24.3 Å². The van der Waals surface area contributed by atoms with Gasteiger partial charge in [0.1, 0.15) is 12.1 Å². The summed E-state index contributed by atoms with van der Waals surface area (Å²) in [7, 11) is 0. The van der Waals surface area contributed by atoms with Crippen LogP contribution in [-0.4, -0.2) is 14.9 Å². The van der Waals surface area contributed by atoms with Gasteiger partial charge in [0, 0.05) is 17.8 Å². The Kier molecular flexibility index (Phi) is 4.71. The van der Waals surface area contributed by atoms with Gasteiger partial charge in [0.25, 0.3) is 5.69 Å². The molecule has 26 heavy (non-hydrogen) atoms. The maximum absolute atomic E-state index is 10.4. The molecule has 4 rings (SSSR count). The van der Waals surface area contributed by atoms with Gasteiger partial charge in [-0.2, -0.15) is 10.5 Å². The molecule has 4 aromatic rings. The lowest BCUT2D eigenvalue weighted by Gasteiger charge is -1.88. The number of anilines is 1. The number of hydrogen-bond acceptors (Lipinski definition) is 9. The second-order valence-corrected chi connectivity index (χ2v) is 6.96. The van der Waals surface area contributed by atoms with Crippen molar-refractivity contribution in [2.24, 2.45) is 0 Å². The summed E-state index contributed by atoms with van der Waals surface area (Å²) in [4.78, 5) is 18.0. The number of nitro groups is 1. The lowest BCUT2D eigenvalue weighted by atomic mass is 10.3. The standard InChI is InChI=1S/C8H3N3O2S.C8H5N3S/c9-4-8-10-6-2-1-5(11(12)13)3-7(6)14-8;9-4-8-11-6-2-1-5(10)3-7(6)12-8/h1-3H;1-3H,10H2. The van der Waals surface area contributed by atoms with E-state index in [0.29, 0.717) is 25.9 Å². The number of nitrogens with zero attached hydrogens (tertiary/aromatic N) is 5. The zero-order valence-electron chi connectivity index (χ0n) is 12.9. The normalized spacial score (nSPS) is 9.92. The average molecular weight is 380 g/mol. The largest absolute Gasteiger partial charge is 0.399 e. The second-order valence-electron chi connectivity index (χ2n) is 4.90. The molecular weight excluding hydrogens is 372 g/mol. The number of non-ortho nitro benzene ring substituents is 1. The monoisotopic (exact) mass is 380 g/mol. The first kappa shape index (κ1) is 17.2. The van der Waals surface area contributed by atoms with Gasteiger partial charge < -0.3 is 5.73 Å². The predicted octanol–water partition coefficient (Wildman–Crippen LogP) is 3.83. The van der Waals surface area contributed by atoms with E-state index in [9.17, 15) is 10.1 Å². The van der Waals surface area contributed by atoms with Gasteiger partial charge >= 0.3 is 0 Å². The van der Waals surface area contributed by atoms with Gasteiger partial charge in [0.15, 0.2) is 10.0 Å². The van der Waals surface area contributed by atoms with Gasteiger partial charge in [0.05, 0.1) is 25.4 Å². The molecule has 0 saturated carbocycles. The Labute approximate surface area is 154 Å². The molecule has 0 fully saturated rings. The fourth-order valence-corrected chi connectivity index (χ4v) is 3.67. The molecule has 0 saturated heterocycles. The summed E-state index contributed by atoms with van der Waals surface area (Å²) in [5, 5.41) is 28.4. The van der Waals surface area contributed by atoms with Crippen LogP contribution in [-0.2, 0) is 0 Å². The number of nitriles is 2. The molecule has 0 spiro atoms. The molecule has 2 aromatic carbocycles. The van der Waals surface area contributed by atoms with Crippen LogP contribution in [0.3, 0.4) is 0 Å². The number of hydrogen-bond donors (Lipinski definition) is 1. The molecule has 126 valence electrons. The molecule has 0 aliphatic carbocycles. The summed E-state index contributed by atoms with van der Waals surface area (Å²) in [6.45, 7) is 0. The minimum Gasteiger partial charge on any atom is -0.399 e. The van der Waals surface area contributed by atoms with E-state index in [1.54, 1.807) is 12.1 Å². The molecule has 0 radical (unpaired) electrons. The average Bonchev–Trinajstić information content (AvgIpc) is 3.24. The van der Waals surface area contributed by atoms with Crippen LogP contribution < -0.4 is 5.73 Å². The van der Waals surface area contributed by atoms with E-state index >= 15 is 0 Å². The highest BCUT2D eigenvalue weighted by molar-refractivity contribution is 7.19. The van der Waals surface area contributed by atoms with Gasteiger partial charge in [-0.25, -0.2) is 9.97 Å². The summed E-state index contributed by atoms with van der Waals surface area (Å²) in [6, 6.07) is 13.7. The minimum absolute atomic E-state index is 0.0191. The van der Waals surface area contributed by atoms with E-state index in [4.69, 9.17) is 16.3 Å². The number of aromatic nitrogens is 2. The highest BCUT2D eigenvalue weighted by Gasteiger charge is 2.09. The van der Waals surface area contributed by atoms with E-state index < -0.39 is 4.92 Å². The van der Waals surface area contributed by atoms with Crippen molar-refractivity contribution in [3.05, 3.63) is 56.5 Å². The SMILES string of the molecule is N#Cc1nc2ccc(N)cc2s1.N#Cc1nc2ccc([N+](=O)[O-])cc2s1. The molecule has 2 heterocycles. The number of nitrogens with two attached hydrogens (primary N) is 1. The molecule has 0 amide bonds. The van der Waals surface area contributed by atoms with E-state index in [1.807, 2.05) is 24.3 Å². The maximum Gasteiger partial charge on any atom is 0.270 e. The Morgan fingerprint density at radius 2 is 1.50 bits per heavy atom. The number of thiazole rings is 2. The van der Waals surface area contributed by atoms with Crippen LogP contribution in [0.15, 0.2) is 36.4 Å². The lowest BCUT2D eigenvalue weighted by Crippen LogP contribution is -1.85. The fraction of sp³-hybridized carbons (Fsp3) is 0. The lowest BCUT2D eigenvalue weighted by molar-refractivity contribution is -0.384. The molecule has 2 N–H and O–H groups in total. The first-order valence-electron chi connectivity index (χ1n) is 7.01. The van der Waals surface area contributed by atoms with Crippen LogP contribution in [0.5, 0.6) is 0 Å². The molecule has 2 aromatic heterocycles. The Bertz CT molecular complexity index is 1220. The van der Waals surface area contributed by atoms with Crippen LogP contribution in [0.4, 0.5) is 11.4 Å². The van der Waals surface area contributed by atoms with E-state index in [1.165, 1.54) is 23.5 Å².